The minimum absolute atomic E-state index is 0.0652. The number of hydrogen-bond acceptors (Lipinski definition) is 4. The van der Waals surface area contributed by atoms with Gasteiger partial charge in [-0.1, -0.05) is 24.3 Å². The SMILES string of the molecule is CCNC(=NCCOc1cccnc1)N1CCOC(c2ccccc2C)C1. The first kappa shape index (κ1) is 19.2. The van der Waals surface area contributed by atoms with Gasteiger partial charge in [0.05, 0.1) is 25.9 Å². The van der Waals surface area contributed by atoms with Crippen molar-refractivity contribution >= 4 is 5.96 Å². The number of hydrogen-bond donors (Lipinski definition) is 1. The number of rotatable bonds is 6. The summed E-state index contributed by atoms with van der Waals surface area (Å²) in [4.78, 5) is 11.1. The first-order valence-electron chi connectivity index (χ1n) is 9.51. The molecule has 1 unspecified atom stereocenters. The van der Waals surface area contributed by atoms with Crippen molar-refractivity contribution in [1.29, 1.82) is 0 Å². The summed E-state index contributed by atoms with van der Waals surface area (Å²) in [5.74, 6) is 1.68. The molecule has 0 saturated carbocycles. The molecule has 6 heteroatoms. The highest BCUT2D eigenvalue weighted by molar-refractivity contribution is 5.80. The van der Waals surface area contributed by atoms with Crippen molar-refractivity contribution < 1.29 is 9.47 Å². The number of pyridine rings is 1. The molecular weight excluding hydrogens is 340 g/mol. The van der Waals surface area contributed by atoms with E-state index in [0.29, 0.717) is 19.8 Å². The molecule has 1 fully saturated rings. The van der Waals surface area contributed by atoms with E-state index in [2.05, 4.69) is 53.3 Å². The lowest BCUT2D eigenvalue weighted by atomic mass is 10.0. The van der Waals surface area contributed by atoms with Crippen LogP contribution in [0.25, 0.3) is 0 Å². The average molecular weight is 368 g/mol. The molecule has 0 amide bonds. The zero-order valence-electron chi connectivity index (χ0n) is 16.1. The van der Waals surface area contributed by atoms with Crippen molar-refractivity contribution in [3.8, 4) is 5.75 Å². The molecule has 0 radical (unpaired) electrons. The summed E-state index contributed by atoms with van der Waals surface area (Å²) < 4.78 is 11.7. The molecule has 1 aliphatic rings. The van der Waals surface area contributed by atoms with Gasteiger partial charge in [0, 0.05) is 19.3 Å². The molecule has 1 atom stereocenters. The van der Waals surface area contributed by atoms with Crippen LogP contribution >= 0.6 is 0 Å². The van der Waals surface area contributed by atoms with Crippen LogP contribution in [0, 0.1) is 6.92 Å². The summed E-state index contributed by atoms with van der Waals surface area (Å²) in [6.07, 6.45) is 3.51. The molecule has 1 aliphatic heterocycles. The second-order valence-electron chi connectivity index (χ2n) is 6.43. The number of ether oxygens (including phenoxy) is 2. The lowest BCUT2D eigenvalue weighted by Gasteiger charge is -2.35. The van der Waals surface area contributed by atoms with E-state index in [1.165, 1.54) is 11.1 Å². The van der Waals surface area contributed by atoms with E-state index in [1.807, 2.05) is 12.1 Å². The molecular formula is C21H28N4O2. The monoisotopic (exact) mass is 368 g/mol. The predicted molar refractivity (Wildman–Crippen MR) is 107 cm³/mol. The number of benzene rings is 1. The Labute approximate surface area is 161 Å². The van der Waals surface area contributed by atoms with Gasteiger partial charge in [0.25, 0.3) is 0 Å². The number of morpholine rings is 1. The van der Waals surface area contributed by atoms with Crippen LogP contribution in [0.4, 0.5) is 0 Å². The summed E-state index contributed by atoms with van der Waals surface area (Å²) >= 11 is 0. The van der Waals surface area contributed by atoms with Crippen molar-refractivity contribution in [1.82, 2.24) is 15.2 Å². The summed E-state index contributed by atoms with van der Waals surface area (Å²) in [6, 6.07) is 12.2. The highest BCUT2D eigenvalue weighted by Crippen LogP contribution is 2.24. The molecule has 2 heterocycles. The smallest absolute Gasteiger partial charge is 0.194 e. The summed E-state index contributed by atoms with van der Waals surface area (Å²) in [6.45, 7) is 8.46. The molecule has 0 spiro atoms. The Morgan fingerprint density at radius 2 is 2.22 bits per heavy atom. The van der Waals surface area contributed by atoms with Crippen LogP contribution in [0.3, 0.4) is 0 Å². The minimum atomic E-state index is 0.0652. The molecule has 1 saturated heterocycles. The van der Waals surface area contributed by atoms with Crippen LogP contribution in [0.15, 0.2) is 53.8 Å². The van der Waals surface area contributed by atoms with E-state index in [9.17, 15) is 0 Å². The number of nitrogens with one attached hydrogen (secondary N) is 1. The minimum Gasteiger partial charge on any atom is -0.490 e. The van der Waals surface area contributed by atoms with Gasteiger partial charge in [0.15, 0.2) is 5.96 Å². The molecule has 1 N–H and O–H groups in total. The lowest BCUT2D eigenvalue weighted by Crippen LogP contribution is -2.48. The Morgan fingerprint density at radius 3 is 3.00 bits per heavy atom. The highest BCUT2D eigenvalue weighted by Gasteiger charge is 2.25. The van der Waals surface area contributed by atoms with Gasteiger partial charge >= 0.3 is 0 Å². The Balaban J connectivity index is 1.60. The third-order valence-electron chi connectivity index (χ3n) is 4.49. The van der Waals surface area contributed by atoms with E-state index >= 15 is 0 Å². The van der Waals surface area contributed by atoms with Crippen LogP contribution in [0.2, 0.25) is 0 Å². The molecule has 144 valence electrons. The van der Waals surface area contributed by atoms with Crippen LogP contribution in [-0.4, -0.2) is 55.2 Å². The zero-order valence-corrected chi connectivity index (χ0v) is 16.1. The van der Waals surface area contributed by atoms with Crippen LogP contribution in [0.1, 0.15) is 24.2 Å². The van der Waals surface area contributed by atoms with Gasteiger partial charge < -0.3 is 19.7 Å². The average Bonchev–Trinajstić information content (AvgIpc) is 2.71. The molecule has 1 aromatic heterocycles. The van der Waals surface area contributed by atoms with E-state index in [4.69, 9.17) is 14.5 Å². The molecule has 0 aliphatic carbocycles. The molecule has 2 aromatic rings. The summed E-state index contributed by atoms with van der Waals surface area (Å²) in [5.41, 5.74) is 2.51. The van der Waals surface area contributed by atoms with Crippen molar-refractivity contribution in [2.75, 3.05) is 39.4 Å². The molecule has 0 bridgehead atoms. The highest BCUT2D eigenvalue weighted by atomic mass is 16.5. The maximum Gasteiger partial charge on any atom is 0.194 e. The fourth-order valence-corrected chi connectivity index (χ4v) is 3.15. The number of guanidine groups is 1. The molecule has 27 heavy (non-hydrogen) atoms. The van der Waals surface area contributed by atoms with E-state index in [0.717, 1.165) is 31.3 Å². The zero-order chi connectivity index (χ0) is 18.9. The lowest BCUT2D eigenvalue weighted by molar-refractivity contribution is -0.00834. The number of nitrogens with zero attached hydrogens (tertiary/aromatic N) is 3. The van der Waals surface area contributed by atoms with Gasteiger partial charge in [-0.25, -0.2) is 4.99 Å². The van der Waals surface area contributed by atoms with E-state index in [1.54, 1.807) is 12.4 Å². The number of aryl methyl sites for hydroxylation is 1. The Kier molecular flexibility index (Phi) is 7.04. The van der Waals surface area contributed by atoms with Crippen molar-refractivity contribution in [2.24, 2.45) is 4.99 Å². The maximum atomic E-state index is 6.03. The van der Waals surface area contributed by atoms with Crippen molar-refractivity contribution in [3.05, 3.63) is 59.9 Å². The normalized spacial score (nSPS) is 17.6. The van der Waals surface area contributed by atoms with Crippen LogP contribution < -0.4 is 10.1 Å². The van der Waals surface area contributed by atoms with Gasteiger partial charge in [-0.3, -0.25) is 4.98 Å². The third-order valence-corrected chi connectivity index (χ3v) is 4.49. The van der Waals surface area contributed by atoms with Gasteiger partial charge in [0.2, 0.25) is 0 Å². The number of aliphatic imine (C=N–C) groups is 1. The van der Waals surface area contributed by atoms with Crippen molar-refractivity contribution in [3.63, 3.8) is 0 Å². The molecule has 3 rings (SSSR count). The largest absolute Gasteiger partial charge is 0.490 e. The molecule has 6 nitrogen and oxygen atoms in total. The fourth-order valence-electron chi connectivity index (χ4n) is 3.15. The molecule has 1 aromatic carbocycles. The Hall–Kier alpha value is -2.60. The summed E-state index contributed by atoms with van der Waals surface area (Å²) in [7, 11) is 0. The fraction of sp³-hybridized carbons (Fsp3) is 0.429. The quantitative estimate of drug-likeness (QED) is 0.483. The van der Waals surface area contributed by atoms with E-state index in [-0.39, 0.29) is 6.10 Å². The van der Waals surface area contributed by atoms with Gasteiger partial charge in [-0.15, -0.1) is 0 Å². The standard InChI is InChI=1S/C21H28N4O2/c1-3-23-21(24-11-13-26-18-8-6-10-22-15-18)25-12-14-27-20(16-25)19-9-5-4-7-17(19)2/h4-10,15,20H,3,11-14,16H2,1-2H3,(H,23,24). The first-order valence-corrected chi connectivity index (χ1v) is 9.51. The van der Waals surface area contributed by atoms with Gasteiger partial charge in [-0.2, -0.15) is 0 Å². The van der Waals surface area contributed by atoms with E-state index < -0.39 is 0 Å². The second kappa shape index (κ2) is 9.92. The number of aromatic nitrogens is 1. The first-order chi connectivity index (χ1) is 13.3. The second-order valence-corrected chi connectivity index (χ2v) is 6.43. The topological polar surface area (TPSA) is 59.0 Å². The summed E-state index contributed by atoms with van der Waals surface area (Å²) in [5, 5.41) is 3.39. The Morgan fingerprint density at radius 1 is 1.33 bits per heavy atom. The predicted octanol–water partition coefficient (Wildman–Crippen LogP) is 2.81. The third kappa shape index (κ3) is 5.44. The Bertz CT molecular complexity index is 736. The van der Waals surface area contributed by atoms with Crippen LogP contribution in [-0.2, 0) is 4.74 Å². The van der Waals surface area contributed by atoms with Crippen LogP contribution in [0.5, 0.6) is 5.75 Å². The van der Waals surface area contributed by atoms with Gasteiger partial charge in [-0.05, 0) is 37.1 Å². The maximum absolute atomic E-state index is 6.03. The van der Waals surface area contributed by atoms with Gasteiger partial charge in [0.1, 0.15) is 18.5 Å². The van der Waals surface area contributed by atoms with Crippen molar-refractivity contribution in [2.45, 2.75) is 20.0 Å².